The fourth-order valence-corrected chi connectivity index (χ4v) is 3.69. The van der Waals surface area contributed by atoms with E-state index in [1.165, 1.54) is 20.1 Å². The first kappa shape index (κ1) is 24.0. The zero-order valence-corrected chi connectivity index (χ0v) is 19.0. The van der Waals surface area contributed by atoms with Crippen LogP contribution in [0.25, 0.3) is 0 Å². The maximum atomic E-state index is 13.4. The molecule has 1 aromatic carbocycles. The number of aryl methyl sites for hydroxylation is 1. The number of hydrogen-bond acceptors (Lipinski definition) is 6. The maximum absolute atomic E-state index is 13.4. The second kappa shape index (κ2) is 9.05. The van der Waals surface area contributed by atoms with Gasteiger partial charge >= 0.3 is 12.1 Å². The number of aromatic nitrogens is 2. The largest absolute Gasteiger partial charge is 0.469 e. The third-order valence-electron chi connectivity index (χ3n) is 5.94. The van der Waals surface area contributed by atoms with E-state index in [0.29, 0.717) is 35.0 Å². The molecule has 0 radical (unpaired) electrons. The van der Waals surface area contributed by atoms with Crippen LogP contribution in [0.2, 0.25) is 0 Å². The Kier molecular flexibility index (Phi) is 6.78. The summed E-state index contributed by atoms with van der Waals surface area (Å²) < 4.78 is 44.9. The van der Waals surface area contributed by atoms with Gasteiger partial charge in [-0.15, -0.1) is 0 Å². The lowest BCUT2D eigenvalue weighted by atomic mass is 9.97. The van der Waals surface area contributed by atoms with E-state index in [9.17, 15) is 18.0 Å². The number of esters is 1. The Bertz CT molecular complexity index is 1000. The van der Waals surface area contributed by atoms with Crippen LogP contribution in [0.1, 0.15) is 66.5 Å². The molecule has 2 aromatic rings. The molecule has 1 atom stereocenters. The number of nitrogens with zero attached hydrogens (tertiary/aromatic N) is 2. The van der Waals surface area contributed by atoms with Gasteiger partial charge in [0.05, 0.1) is 30.8 Å². The first-order chi connectivity index (χ1) is 14.9. The summed E-state index contributed by atoms with van der Waals surface area (Å²) >= 11 is 0. The van der Waals surface area contributed by atoms with Crippen molar-refractivity contribution in [1.82, 2.24) is 15.3 Å². The van der Waals surface area contributed by atoms with Gasteiger partial charge in [0.15, 0.2) is 0 Å². The Hall–Kier alpha value is -2.68. The highest BCUT2D eigenvalue weighted by Gasteiger charge is 2.37. The van der Waals surface area contributed by atoms with Gasteiger partial charge in [0.1, 0.15) is 11.6 Å². The normalized spacial score (nSPS) is 15.9. The molecule has 1 aromatic heterocycles. The van der Waals surface area contributed by atoms with Crippen LogP contribution in [0.4, 0.5) is 19.0 Å². The van der Waals surface area contributed by atoms with Crippen LogP contribution in [-0.4, -0.2) is 28.6 Å². The topological polar surface area (TPSA) is 76.1 Å². The molecule has 1 aliphatic rings. The number of benzene rings is 1. The van der Waals surface area contributed by atoms with Gasteiger partial charge in [0.2, 0.25) is 0 Å². The van der Waals surface area contributed by atoms with Crippen molar-refractivity contribution in [1.29, 1.82) is 0 Å². The monoisotopic (exact) mass is 450 g/mol. The van der Waals surface area contributed by atoms with Crippen LogP contribution in [-0.2, 0) is 28.7 Å². The van der Waals surface area contributed by atoms with E-state index in [1.54, 1.807) is 19.9 Å². The predicted molar refractivity (Wildman–Crippen MR) is 115 cm³/mol. The summed E-state index contributed by atoms with van der Waals surface area (Å²) in [5.74, 6) is 0.535. The lowest BCUT2D eigenvalue weighted by Crippen LogP contribution is -2.29. The Balaban J connectivity index is 1.96. The minimum Gasteiger partial charge on any atom is -0.469 e. The number of carbonyl (C=O) groups excluding carboxylic acids is 1. The van der Waals surface area contributed by atoms with E-state index in [4.69, 9.17) is 4.74 Å². The molecule has 1 fully saturated rings. The van der Waals surface area contributed by atoms with Crippen molar-refractivity contribution in [3.05, 3.63) is 52.0 Å². The standard InChI is InChI=1S/C23H29F3N4O2/c1-13-16(7-6-8-18(13)23(24,25)26)14(2)28-21-17(12-27-22(4)9-10-22)19(11-20(31)32-5)29-15(3)30-21/h6-8,14,27H,9-12H2,1-5H3,(H,28,29,30). The molecule has 174 valence electrons. The summed E-state index contributed by atoms with van der Waals surface area (Å²) in [7, 11) is 1.32. The number of anilines is 1. The summed E-state index contributed by atoms with van der Waals surface area (Å²) in [4.78, 5) is 20.9. The second-order valence-corrected chi connectivity index (χ2v) is 8.60. The number of halogens is 3. The number of hydrogen-bond donors (Lipinski definition) is 2. The van der Waals surface area contributed by atoms with Crippen LogP contribution in [0.5, 0.6) is 0 Å². The highest BCUT2D eigenvalue weighted by Crippen LogP contribution is 2.37. The smallest absolute Gasteiger partial charge is 0.416 e. The van der Waals surface area contributed by atoms with Crippen LogP contribution in [0.15, 0.2) is 18.2 Å². The third kappa shape index (κ3) is 5.56. The van der Waals surface area contributed by atoms with Crippen LogP contribution in [0.3, 0.4) is 0 Å². The molecule has 0 spiro atoms. The van der Waals surface area contributed by atoms with Gasteiger partial charge in [-0.25, -0.2) is 9.97 Å². The quantitative estimate of drug-likeness (QED) is 0.571. The molecule has 6 nitrogen and oxygen atoms in total. The molecule has 2 N–H and O–H groups in total. The molecule has 1 unspecified atom stereocenters. The second-order valence-electron chi connectivity index (χ2n) is 8.60. The van der Waals surface area contributed by atoms with Crippen molar-refractivity contribution in [2.75, 3.05) is 12.4 Å². The van der Waals surface area contributed by atoms with E-state index in [1.807, 2.05) is 0 Å². The van der Waals surface area contributed by atoms with Gasteiger partial charge in [-0.2, -0.15) is 13.2 Å². The summed E-state index contributed by atoms with van der Waals surface area (Å²) in [5, 5.41) is 6.74. The van der Waals surface area contributed by atoms with Crippen molar-refractivity contribution >= 4 is 11.8 Å². The molecule has 1 aliphatic carbocycles. The van der Waals surface area contributed by atoms with Gasteiger partial charge < -0.3 is 15.4 Å². The fourth-order valence-electron chi connectivity index (χ4n) is 3.69. The zero-order chi connectivity index (χ0) is 23.7. The first-order valence-corrected chi connectivity index (χ1v) is 10.5. The van der Waals surface area contributed by atoms with Gasteiger partial charge in [-0.1, -0.05) is 12.1 Å². The van der Waals surface area contributed by atoms with Crippen molar-refractivity contribution in [3.63, 3.8) is 0 Å². The van der Waals surface area contributed by atoms with Gasteiger partial charge in [-0.05, 0) is 57.7 Å². The Morgan fingerprint density at radius 3 is 2.53 bits per heavy atom. The zero-order valence-electron chi connectivity index (χ0n) is 19.0. The summed E-state index contributed by atoms with van der Waals surface area (Å²) in [5.41, 5.74) is 1.33. The van der Waals surface area contributed by atoms with Gasteiger partial charge in [0, 0.05) is 17.6 Å². The van der Waals surface area contributed by atoms with Crippen molar-refractivity contribution in [2.24, 2.45) is 0 Å². The van der Waals surface area contributed by atoms with Crippen molar-refractivity contribution in [2.45, 2.75) is 71.3 Å². The van der Waals surface area contributed by atoms with Crippen molar-refractivity contribution in [3.8, 4) is 0 Å². The molecular formula is C23H29F3N4O2. The number of alkyl halides is 3. The average molecular weight is 451 g/mol. The molecule has 1 saturated carbocycles. The first-order valence-electron chi connectivity index (χ1n) is 10.5. The Morgan fingerprint density at radius 1 is 1.25 bits per heavy atom. The number of methoxy groups -OCH3 is 1. The molecule has 9 heteroatoms. The molecule has 1 heterocycles. The van der Waals surface area contributed by atoms with E-state index in [0.717, 1.165) is 18.9 Å². The molecule has 3 rings (SSSR count). The molecule has 32 heavy (non-hydrogen) atoms. The minimum absolute atomic E-state index is 0.0146. The lowest BCUT2D eigenvalue weighted by Gasteiger charge is -2.23. The van der Waals surface area contributed by atoms with E-state index >= 15 is 0 Å². The van der Waals surface area contributed by atoms with Crippen LogP contribution >= 0.6 is 0 Å². The molecule has 0 aliphatic heterocycles. The van der Waals surface area contributed by atoms with Crippen molar-refractivity contribution < 1.29 is 22.7 Å². The predicted octanol–water partition coefficient (Wildman–Crippen LogP) is 4.64. The Morgan fingerprint density at radius 2 is 1.94 bits per heavy atom. The van der Waals surface area contributed by atoms with Gasteiger partial charge in [-0.3, -0.25) is 4.79 Å². The molecule has 0 saturated heterocycles. The SMILES string of the molecule is COC(=O)Cc1nc(C)nc(NC(C)c2cccc(C(F)(F)F)c2C)c1CNC1(C)CC1. The van der Waals surface area contributed by atoms with E-state index < -0.39 is 23.8 Å². The van der Waals surface area contributed by atoms with Crippen LogP contribution in [0, 0.1) is 13.8 Å². The number of carbonyl (C=O) groups is 1. The number of rotatable bonds is 8. The molecular weight excluding hydrogens is 421 g/mol. The average Bonchev–Trinajstić information content (AvgIpc) is 3.43. The molecule has 0 amide bonds. The highest BCUT2D eigenvalue weighted by atomic mass is 19.4. The fraction of sp³-hybridized carbons (Fsp3) is 0.522. The highest BCUT2D eigenvalue weighted by molar-refractivity contribution is 5.73. The van der Waals surface area contributed by atoms with E-state index in [-0.39, 0.29) is 17.5 Å². The summed E-state index contributed by atoms with van der Waals surface area (Å²) in [6, 6.07) is 3.72. The lowest BCUT2D eigenvalue weighted by molar-refractivity contribution is -0.140. The molecule has 0 bridgehead atoms. The Labute approximate surface area is 186 Å². The minimum atomic E-state index is -4.42. The number of ether oxygens (including phenoxy) is 1. The van der Waals surface area contributed by atoms with Gasteiger partial charge in [0.25, 0.3) is 0 Å². The third-order valence-corrected chi connectivity index (χ3v) is 5.94. The number of nitrogens with one attached hydrogen (secondary N) is 2. The maximum Gasteiger partial charge on any atom is 0.416 e. The van der Waals surface area contributed by atoms with Crippen LogP contribution < -0.4 is 10.6 Å². The van der Waals surface area contributed by atoms with E-state index in [2.05, 4.69) is 27.5 Å². The summed E-state index contributed by atoms with van der Waals surface area (Å²) in [6.45, 7) is 7.52. The summed E-state index contributed by atoms with van der Waals surface area (Å²) in [6.07, 6.45) is -2.34.